The van der Waals surface area contributed by atoms with Gasteiger partial charge >= 0.3 is 0 Å². The lowest BCUT2D eigenvalue weighted by Gasteiger charge is -2.24. The predicted molar refractivity (Wildman–Crippen MR) is 117 cm³/mol. The molecule has 32 heavy (non-hydrogen) atoms. The van der Waals surface area contributed by atoms with Gasteiger partial charge in [0, 0.05) is 41.8 Å². The average molecular weight is 460 g/mol. The standard InChI is InChI=1S/C22H25N3O6S/c1-22(21(28)24-29,32(2,30)31)9-10-25-13-17-11-15(7-8-19(17)23-25)5-3-4-6-16-12-18(16)20(27)14-26/h7-8,11,13,16,18,20,26-27,29H,9-10,12,14H2,1-2H3,(H,24,28)/t16-,18-,20-,22-/m1/s1. The van der Waals surface area contributed by atoms with Gasteiger partial charge < -0.3 is 10.2 Å². The molecule has 0 unspecified atom stereocenters. The first-order valence-corrected chi connectivity index (χ1v) is 11.9. The largest absolute Gasteiger partial charge is 0.394 e. The minimum atomic E-state index is -3.78. The molecule has 0 radical (unpaired) electrons. The van der Waals surface area contributed by atoms with Crippen LogP contribution in [0.5, 0.6) is 0 Å². The Hall–Kier alpha value is -2.89. The number of aliphatic hydroxyl groups excluding tert-OH is 2. The average Bonchev–Trinajstić information content (AvgIpc) is 3.42. The molecule has 1 amide bonds. The lowest BCUT2D eigenvalue weighted by molar-refractivity contribution is -0.131. The quantitative estimate of drug-likeness (QED) is 0.261. The Balaban J connectivity index is 1.69. The van der Waals surface area contributed by atoms with Gasteiger partial charge in [0.1, 0.15) is 0 Å². The molecule has 0 aliphatic heterocycles. The SMILES string of the molecule is C[C@@](CCn1cc2cc(C#CC#C[C@@H]3C[C@H]3[C@H](O)CO)ccc2n1)(C(=O)NO)S(C)(=O)=O. The fourth-order valence-corrected chi connectivity index (χ4v) is 4.20. The van der Waals surface area contributed by atoms with Gasteiger partial charge in [0.25, 0.3) is 5.91 Å². The van der Waals surface area contributed by atoms with Crippen LogP contribution in [0.2, 0.25) is 0 Å². The highest BCUT2D eigenvalue weighted by molar-refractivity contribution is 7.92. The van der Waals surface area contributed by atoms with Gasteiger partial charge in [-0.15, -0.1) is 0 Å². The summed E-state index contributed by atoms with van der Waals surface area (Å²) < 4.78 is 23.9. The summed E-state index contributed by atoms with van der Waals surface area (Å²) in [5.74, 6) is 10.6. The molecule has 1 fully saturated rings. The summed E-state index contributed by atoms with van der Waals surface area (Å²) in [6, 6.07) is 5.41. The molecule has 1 saturated carbocycles. The van der Waals surface area contributed by atoms with Gasteiger partial charge in [0.05, 0.1) is 18.2 Å². The first kappa shape index (κ1) is 23.8. The second kappa shape index (κ2) is 9.31. The Morgan fingerprint density at radius 1 is 1.41 bits per heavy atom. The predicted octanol–water partition coefficient (Wildman–Crippen LogP) is 0.0793. The van der Waals surface area contributed by atoms with E-state index < -0.39 is 26.6 Å². The van der Waals surface area contributed by atoms with Crippen molar-refractivity contribution in [2.24, 2.45) is 11.8 Å². The van der Waals surface area contributed by atoms with E-state index in [1.165, 1.54) is 12.4 Å². The van der Waals surface area contributed by atoms with E-state index in [0.717, 1.165) is 23.6 Å². The molecule has 4 N–H and O–H groups in total. The monoisotopic (exact) mass is 459 g/mol. The fourth-order valence-electron chi connectivity index (χ4n) is 3.36. The number of aromatic nitrogens is 2. The number of nitrogens with zero attached hydrogens (tertiary/aromatic N) is 2. The molecule has 2 aromatic rings. The lowest BCUT2D eigenvalue weighted by atomic mass is 10.1. The van der Waals surface area contributed by atoms with Crippen LogP contribution in [0.4, 0.5) is 0 Å². The molecule has 1 heterocycles. The number of nitrogens with one attached hydrogen (secondary N) is 1. The number of benzene rings is 1. The number of amides is 1. The van der Waals surface area contributed by atoms with Crippen LogP contribution in [0.15, 0.2) is 24.4 Å². The first-order chi connectivity index (χ1) is 15.1. The minimum absolute atomic E-state index is 0.0181. The van der Waals surface area contributed by atoms with Gasteiger partial charge in [-0.2, -0.15) is 5.10 Å². The number of hydrogen-bond acceptors (Lipinski definition) is 7. The lowest BCUT2D eigenvalue weighted by Crippen LogP contribution is -2.49. The number of fused-ring (bicyclic) bond motifs is 1. The van der Waals surface area contributed by atoms with Crippen LogP contribution in [-0.2, 0) is 21.2 Å². The summed E-state index contributed by atoms with van der Waals surface area (Å²) in [4.78, 5) is 11.9. The van der Waals surface area contributed by atoms with Crippen molar-refractivity contribution in [2.45, 2.75) is 37.2 Å². The van der Waals surface area contributed by atoms with Gasteiger partial charge in [0.15, 0.2) is 14.6 Å². The molecule has 4 atom stereocenters. The number of carbonyl (C=O) groups excluding carboxylic acids is 1. The Morgan fingerprint density at radius 2 is 2.16 bits per heavy atom. The molecule has 0 bridgehead atoms. The molecular weight excluding hydrogens is 434 g/mol. The Kier molecular flexibility index (Phi) is 6.91. The summed E-state index contributed by atoms with van der Waals surface area (Å²) >= 11 is 0. The van der Waals surface area contributed by atoms with Crippen LogP contribution in [0, 0.1) is 35.5 Å². The summed E-state index contributed by atoms with van der Waals surface area (Å²) in [6.45, 7) is 1.16. The molecule has 0 saturated heterocycles. The molecule has 1 aliphatic carbocycles. The number of sulfone groups is 1. The number of aryl methyl sites for hydroxylation is 1. The number of carbonyl (C=O) groups is 1. The van der Waals surface area contributed by atoms with E-state index >= 15 is 0 Å². The highest BCUT2D eigenvalue weighted by atomic mass is 32.2. The fraction of sp³-hybridized carbons (Fsp3) is 0.455. The van der Waals surface area contributed by atoms with Crippen molar-refractivity contribution < 1.29 is 28.6 Å². The summed E-state index contributed by atoms with van der Waals surface area (Å²) in [6.07, 6.45) is 2.65. The second-order valence-electron chi connectivity index (χ2n) is 8.14. The third kappa shape index (κ3) is 5.12. The second-order valence-corrected chi connectivity index (χ2v) is 10.6. The molecule has 10 heteroatoms. The van der Waals surface area contributed by atoms with E-state index in [-0.39, 0.29) is 31.4 Å². The van der Waals surface area contributed by atoms with Crippen molar-refractivity contribution in [1.29, 1.82) is 0 Å². The number of aliphatic hydroxyl groups is 2. The Morgan fingerprint density at radius 3 is 2.81 bits per heavy atom. The van der Waals surface area contributed by atoms with E-state index in [4.69, 9.17) is 10.3 Å². The van der Waals surface area contributed by atoms with E-state index in [9.17, 15) is 18.3 Å². The smallest absolute Gasteiger partial charge is 0.264 e. The Labute approximate surface area is 186 Å². The highest BCUT2D eigenvalue weighted by Crippen LogP contribution is 2.40. The minimum Gasteiger partial charge on any atom is -0.394 e. The van der Waals surface area contributed by atoms with Gasteiger partial charge in [-0.3, -0.25) is 14.7 Å². The van der Waals surface area contributed by atoms with Crippen molar-refractivity contribution in [3.63, 3.8) is 0 Å². The zero-order valence-corrected chi connectivity index (χ0v) is 18.6. The molecule has 0 spiro atoms. The van der Waals surface area contributed by atoms with Crippen LogP contribution in [0.25, 0.3) is 10.9 Å². The number of hydrogen-bond donors (Lipinski definition) is 4. The van der Waals surface area contributed by atoms with E-state index in [0.29, 0.717) is 5.52 Å². The van der Waals surface area contributed by atoms with Crippen LogP contribution in [-0.4, -0.2) is 63.2 Å². The maximum atomic E-state index is 12.1. The third-order valence-electron chi connectivity index (χ3n) is 5.82. The van der Waals surface area contributed by atoms with Crippen molar-refractivity contribution in [2.75, 3.05) is 12.9 Å². The number of hydroxylamine groups is 1. The molecule has 1 aromatic heterocycles. The topological polar surface area (TPSA) is 142 Å². The number of rotatable bonds is 7. The van der Waals surface area contributed by atoms with E-state index in [1.807, 2.05) is 6.07 Å². The van der Waals surface area contributed by atoms with Crippen LogP contribution >= 0.6 is 0 Å². The first-order valence-electron chi connectivity index (χ1n) is 10.0. The molecular formula is C22H25N3O6S. The molecule has 1 aliphatic rings. The van der Waals surface area contributed by atoms with Crippen LogP contribution in [0.3, 0.4) is 0 Å². The van der Waals surface area contributed by atoms with Gasteiger partial charge in [-0.25, -0.2) is 13.9 Å². The van der Waals surface area contributed by atoms with Crippen LogP contribution in [0.1, 0.15) is 25.3 Å². The van der Waals surface area contributed by atoms with Crippen molar-refractivity contribution in [1.82, 2.24) is 15.3 Å². The van der Waals surface area contributed by atoms with Crippen molar-refractivity contribution >= 4 is 26.6 Å². The molecule has 170 valence electrons. The van der Waals surface area contributed by atoms with E-state index in [2.05, 4.69) is 28.8 Å². The maximum Gasteiger partial charge on any atom is 0.264 e. The Bertz CT molecular complexity index is 1250. The van der Waals surface area contributed by atoms with Crippen LogP contribution < -0.4 is 5.48 Å². The zero-order valence-electron chi connectivity index (χ0n) is 17.7. The highest BCUT2D eigenvalue weighted by Gasteiger charge is 2.43. The third-order valence-corrected chi connectivity index (χ3v) is 7.84. The maximum absolute atomic E-state index is 12.1. The molecule has 3 rings (SSSR count). The van der Waals surface area contributed by atoms with Crippen molar-refractivity contribution in [3.8, 4) is 23.7 Å². The zero-order chi connectivity index (χ0) is 23.5. The van der Waals surface area contributed by atoms with Crippen molar-refractivity contribution in [3.05, 3.63) is 30.0 Å². The van der Waals surface area contributed by atoms with E-state index in [1.54, 1.807) is 23.0 Å². The summed E-state index contributed by atoms with van der Waals surface area (Å²) in [5, 5.41) is 32.6. The molecule has 9 nitrogen and oxygen atoms in total. The normalized spacial score (nSPS) is 20.3. The summed E-state index contributed by atoms with van der Waals surface area (Å²) in [7, 11) is -3.78. The molecule has 1 aromatic carbocycles. The van der Waals surface area contributed by atoms with Gasteiger partial charge in [-0.05, 0) is 49.8 Å². The van der Waals surface area contributed by atoms with Gasteiger partial charge in [-0.1, -0.05) is 11.8 Å². The van der Waals surface area contributed by atoms with Gasteiger partial charge in [0.2, 0.25) is 0 Å². The summed E-state index contributed by atoms with van der Waals surface area (Å²) in [5.41, 5.74) is 2.85.